The van der Waals surface area contributed by atoms with Crippen LogP contribution in [-0.4, -0.2) is 23.9 Å². The number of ether oxygens (including phenoxy) is 1. The van der Waals surface area contributed by atoms with Crippen molar-refractivity contribution in [2.24, 2.45) is 5.41 Å². The molecule has 0 heterocycles. The summed E-state index contributed by atoms with van der Waals surface area (Å²) in [6.07, 6.45) is -0.444. The third-order valence-electron chi connectivity index (χ3n) is 2.00. The molecule has 1 unspecified atom stereocenters. The first-order valence-electron chi connectivity index (χ1n) is 3.95. The molecule has 0 spiro atoms. The lowest BCUT2D eigenvalue weighted by Crippen LogP contribution is -2.46. The molecule has 0 aliphatic carbocycles. The maximum atomic E-state index is 9.79. The van der Waals surface area contributed by atoms with E-state index < -0.39 is 11.7 Å². The Balaban J connectivity index is 4.35. The first-order chi connectivity index (χ1) is 4.72. The summed E-state index contributed by atoms with van der Waals surface area (Å²) < 4.78 is 5.18. The molecule has 0 aliphatic rings. The van der Waals surface area contributed by atoms with Crippen LogP contribution in [0.4, 0.5) is 0 Å². The molecule has 0 saturated heterocycles. The third-order valence-corrected chi connectivity index (χ3v) is 2.00. The van der Waals surface area contributed by atoms with Crippen molar-refractivity contribution < 1.29 is 9.84 Å². The van der Waals surface area contributed by atoms with Crippen molar-refractivity contribution in [1.82, 2.24) is 0 Å². The summed E-state index contributed by atoms with van der Waals surface area (Å²) in [6, 6.07) is 0. The Bertz CT molecular complexity index is 122. The van der Waals surface area contributed by atoms with E-state index >= 15 is 0 Å². The van der Waals surface area contributed by atoms with Crippen LogP contribution < -0.4 is 0 Å². The fourth-order valence-corrected chi connectivity index (χ4v) is 1.15. The van der Waals surface area contributed by atoms with E-state index in [-0.39, 0.29) is 5.41 Å². The second kappa shape index (κ2) is 3.11. The Morgan fingerprint density at radius 2 is 1.45 bits per heavy atom. The van der Waals surface area contributed by atoms with E-state index in [2.05, 4.69) is 0 Å². The maximum Gasteiger partial charge on any atom is 0.0885 e. The van der Waals surface area contributed by atoms with Crippen LogP contribution >= 0.6 is 0 Å². The van der Waals surface area contributed by atoms with Crippen LogP contribution in [-0.2, 0) is 4.74 Å². The number of methoxy groups -OCH3 is 1. The molecule has 0 amide bonds. The molecule has 0 aromatic heterocycles. The number of hydrogen-bond acceptors (Lipinski definition) is 2. The Hall–Kier alpha value is -0.0800. The highest BCUT2D eigenvalue weighted by Crippen LogP contribution is 2.29. The quantitative estimate of drug-likeness (QED) is 0.667. The predicted octanol–water partition coefficient (Wildman–Crippen LogP) is 1.82. The zero-order valence-electron chi connectivity index (χ0n) is 8.43. The standard InChI is InChI=1S/C9H20O2/c1-8(2,3)7(10)9(4,5)11-6/h7,10H,1-6H3. The Morgan fingerprint density at radius 3 is 1.55 bits per heavy atom. The van der Waals surface area contributed by atoms with Gasteiger partial charge in [0.1, 0.15) is 0 Å². The van der Waals surface area contributed by atoms with Crippen LogP contribution in [0.1, 0.15) is 34.6 Å². The van der Waals surface area contributed by atoms with Gasteiger partial charge >= 0.3 is 0 Å². The zero-order valence-corrected chi connectivity index (χ0v) is 8.43. The van der Waals surface area contributed by atoms with E-state index in [0.29, 0.717) is 0 Å². The Labute approximate surface area is 69.6 Å². The monoisotopic (exact) mass is 160 g/mol. The van der Waals surface area contributed by atoms with Crippen molar-refractivity contribution in [1.29, 1.82) is 0 Å². The molecule has 2 heteroatoms. The number of hydrogen-bond donors (Lipinski definition) is 1. The van der Waals surface area contributed by atoms with Crippen molar-refractivity contribution in [2.75, 3.05) is 7.11 Å². The summed E-state index contributed by atoms with van der Waals surface area (Å²) >= 11 is 0. The minimum absolute atomic E-state index is 0.125. The summed E-state index contributed by atoms with van der Waals surface area (Å²) in [6.45, 7) is 9.78. The summed E-state index contributed by atoms with van der Waals surface area (Å²) in [7, 11) is 1.62. The Kier molecular flexibility index (Phi) is 3.09. The van der Waals surface area contributed by atoms with Gasteiger partial charge in [-0.3, -0.25) is 0 Å². The smallest absolute Gasteiger partial charge is 0.0885 e. The summed E-state index contributed by atoms with van der Waals surface area (Å²) in [4.78, 5) is 0. The van der Waals surface area contributed by atoms with E-state index in [9.17, 15) is 5.11 Å². The normalized spacial score (nSPS) is 16.6. The van der Waals surface area contributed by atoms with Crippen LogP contribution in [0.2, 0.25) is 0 Å². The van der Waals surface area contributed by atoms with E-state index in [0.717, 1.165) is 0 Å². The second-order valence-corrected chi connectivity index (χ2v) is 4.58. The lowest BCUT2D eigenvalue weighted by atomic mass is 9.80. The van der Waals surface area contributed by atoms with Gasteiger partial charge in [0.25, 0.3) is 0 Å². The minimum atomic E-state index is -0.460. The fourth-order valence-electron chi connectivity index (χ4n) is 1.15. The first kappa shape index (κ1) is 10.9. The number of aliphatic hydroxyl groups is 1. The van der Waals surface area contributed by atoms with Gasteiger partial charge < -0.3 is 9.84 Å². The zero-order chi connectivity index (χ0) is 9.28. The van der Waals surface area contributed by atoms with Gasteiger partial charge in [-0.05, 0) is 19.3 Å². The van der Waals surface area contributed by atoms with Crippen LogP contribution in [0.15, 0.2) is 0 Å². The highest BCUT2D eigenvalue weighted by atomic mass is 16.5. The average Bonchev–Trinajstić information content (AvgIpc) is 1.84. The van der Waals surface area contributed by atoms with E-state index in [1.54, 1.807) is 7.11 Å². The molecule has 68 valence electrons. The lowest BCUT2D eigenvalue weighted by Gasteiger charge is -2.37. The fraction of sp³-hybridized carbons (Fsp3) is 1.00. The summed E-state index contributed by atoms with van der Waals surface area (Å²) in [5, 5.41) is 9.79. The van der Waals surface area contributed by atoms with Gasteiger partial charge in [-0.25, -0.2) is 0 Å². The topological polar surface area (TPSA) is 29.5 Å². The van der Waals surface area contributed by atoms with Crippen molar-refractivity contribution >= 4 is 0 Å². The highest BCUT2D eigenvalue weighted by molar-refractivity contribution is 4.87. The van der Waals surface area contributed by atoms with Crippen LogP contribution in [0.3, 0.4) is 0 Å². The van der Waals surface area contributed by atoms with Gasteiger partial charge in [-0.2, -0.15) is 0 Å². The summed E-state index contributed by atoms with van der Waals surface area (Å²) in [5.74, 6) is 0. The molecule has 0 aromatic carbocycles. The molecule has 0 bridgehead atoms. The van der Waals surface area contributed by atoms with Gasteiger partial charge in [-0.15, -0.1) is 0 Å². The van der Waals surface area contributed by atoms with E-state index in [1.165, 1.54) is 0 Å². The van der Waals surface area contributed by atoms with Crippen molar-refractivity contribution in [2.45, 2.75) is 46.3 Å². The van der Waals surface area contributed by atoms with Gasteiger partial charge in [-0.1, -0.05) is 20.8 Å². The molecule has 1 atom stereocenters. The average molecular weight is 160 g/mol. The Morgan fingerprint density at radius 1 is 1.09 bits per heavy atom. The van der Waals surface area contributed by atoms with Crippen molar-refractivity contribution in [3.8, 4) is 0 Å². The second-order valence-electron chi connectivity index (χ2n) is 4.58. The largest absolute Gasteiger partial charge is 0.390 e. The minimum Gasteiger partial charge on any atom is -0.390 e. The SMILES string of the molecule is COC(C)(C)C(O)C(C)(C)C. The van der Waals surface area contributed by atoms with Crippen LogP contribution in [0.5, 0.6) is 0 Å². The van der Waals surface area contributed by atoms with Gasteiger partial charge in [0.15, 0.2) is 0 Å². The van der Waals surface area contributed by atoms with E-state index in [4.69, 9.17) is 4.74 Å². The molecule has 0 fully saturated rings. The van der Waals surface area contributed by atoms with Crippen molar-refractivity contribution in [3.05, 3.63) is 0 Å². The molecule has 0 radical (unpaired) electrons. The van der Waals surface area contributed by atoms with Gasteiger partial charge in [0, 0.05) is 7.11 Å². The maximum absolute atomic E-state index is 9.79. The lowest BCUT2D eigenvalue weighted by molar-refractivity contribution is -0.119. The molecule has 0 aliphatic heterocycles. The predicted molar refractivity (Wildman–Crippen MR) is 46.5 cm³/mol. The van der Waals surface area contributed by atoms with Crippen LogP contribution in [0.25, 0.3) is 0 Å². The van der Waals surface area contributed by atoms with Gasteiger partial charge in [0.05, 0.1) is 11.7 Å². The number of aliphatic hydroxyl groups excluding tert-OH is 1. The molecule has 0 saturated carbocycles. The molecule has 2 nitrogen and oxygen atoms in total. The third kappa shape index (κ3) is 2.80. The van der Waals surface area contributed by atoms with E-state index in [1.807, 2.05) is 34.6 Å². The summed E-state index contributed by atoms with van der Waals surface area (Å²) in [5.41, 5.74) is -0.586. The van der Waals surface area contributed by atoms with Crippen molar-refractivity contribution in [3.63, 3.8) is 0 Å². The van der Waals surface area contributed by atoms with Gasteiger partial charge in [0.2, 0.25) is 0 Å². The first-order valence-corrected chi connectivity index (χ1v) is 3.95. The molecule has 0 aromatic rings. The molecule has 1 N–H and O–H groups in total. The highest BCUT2D eigenvalue weighted by Gasteiger charge is 2.36. The molecule has 11 heavy (non-hydrogen) atoms. The molecular weight excluding hydrogens is 140 g/mol. The molecule has 0 rings (SSSR count). The number of rotatable bonds is 2. The molecular formula is C9H20O2. The van der Waals surface area contributed by atoms with Crippen LogP contribution in [0, 0.1) is 5.41 Å².